The van der Waals surface area contributed by atoms with E-state index in [1.807, 2.05) is 84.3 Å². The molecule has 13 nitrogen and oxygen atoms in total. The average Bonchev–Trinajstić information content (AvgIpc) is 3.88. The van der Waals surface area contributed by atoms with Crippen LogP contribution < -0.4 is 10.2 Å². The van der Waals surface area contributed by atoms with Crippen LogP contribution in [0.2, 0.25) is 0 Å². The minimum Gasteiger partial charge on any atom is -0.444 e. The van der Waals surface area contributed by atoms with E-state index >= 15 is 0 Å². The van der Waals surface area contributed by atoms with Gasteiger partial charge >= 0.3 is 6.09 Å². The summed E-state index contributed by atoms with van der Waals surface area (Å²) in [5.41, 5.74) is 3.46. The molecule has 300 valence electrons. The monoisotopic (exact) mass is 778 g/mol. The number of hydrogen-bond donors (Lipinski definition) is 3. The molecule has 14 heteroatoms. The van der Waals surface area contributed by atoms with E-state index in [0.717, 1.165) is 47.6 Å². The van der Waals surface area contributed by atoms with Gasteiger partial charge in [0.2, 0.25) is 11.8 Å². The largest absolute Gasteiger partial charge is 0.444 e. The van der Waals surface area contributed by atoms with Crippen LogP contribution >= 0.6 is 11.3 Å². The fourth-order valence-corrected chi connectivity index (χ4v) is 9.04. The number of piperidine rings is 2. The molecule has 3 amide bonds. The Balaban J connectivity index is 1.03. The quantitative estimate of drug-likeness (QED) is 0.221. The summed E-state index contributed by atoms with van der Waals surface area (Å²) in [6.45, 7) is 15.8. The smallest absolute Gasteiger partial charge is 0.410 e. The molecule has 3 fully saturated rings. The van der Waals surface area contributed by atoms with Gasteiger partial charge in [-0.2, -0.15) is 0 Å². The number of aliphatic hydroxyl groups is 2. The van der Waals surface area contributed by atoms with Crippen molar-refractivity contribution in [1.82, 2.24) is 25.3 Å². The van der Waals surface area contributed by atoms with E-state index in [0.29, 0.717) is 49.8 Å². The predicted octanol–water partition coefficient (Wildman–Crippen LogP) is 6.05. The topological polar surface area (TPSA) is 162 Å². The molecule has 0 bridgehead atoms. The lowest BCUT2D eigenvalue weighted by atomic mass is 9.79. The number of carbonyl (C=O) groups excluding carboxylic acids is 3. The normalized spacial score (nSPS) is 21.8. The second-order valence-electron chi connectivity index (χ2n) is 17.2. The zero-order valence-electron chi connectivity index (χ0n) is 33.3. The molecule has 0 saturated carbocycles. The third-order valence-electron chi connectivity index (χ3n) is 11.4. The molecule has 4 atom stereocenters. The molecule has 1 aromatic carbocycles. The highest BCUT2D eigenvalue weighted by Crippen LogP contribution is 2.37. The lowest BCUT2D eigenvalue weighted by molar-refractivity contribution is -0.141. The molecular formula is C41H58N6O7S. The van der Waals surface area contributed by atoms with E-state index < -0.39 is 29.3 Å². The highest BCUT2D eigenvalue weighted by atomic mass is 32.1. The number of aliphatic hydroxyl groups excluding tert-OH is 1. The fourth-order valence-electron chi connectivity index (χ4n) is 8.23. The van der Waals surface area contributed by atoms with Crippen molar-refractivity contribution in [3.8, 4) is 10.4 Å². The number of nitrogens with zero attached hydrogens (tertiary/aromatic N) is 5. The van der Waals surface area contributed by atoms with Gasteiger partial charge in [0.1, 0.15) is 17.6 Å². The number of thiazole rings is 1. The van der Waals surface area contributed by atoms with E-state index in [-0.39, 0.29) is 42.8 Å². The van der Waals surface area contributed by atoms with Gasteiger partial charge < -0.3 is 39.5 Å². The van der Waals surface area contributed by atoms with Gasteiger partial charge in [0, 0.05) is 45.2 Å². The van der Waals surface area contributed by atoms with Gasteiger partial charge in [-0.3, -0.25) is 9.59 Å². The molecular weight excluding hydrogens is 721 g/mol. The molecule has 1 unspecified atom stereocenters. The first-order valence-electron chi connectivity index (χ1n) is 19.7. The van der Waals surface area contributed by atoms with Crippen LogP contribution in [0.25, 0.3) is 10.4 Å². The van der Waals surface area contributed by atoms with Crippen molar-refractivity contribution in [2.45, 2.75) is 122 Å². The average molecular weight is 779 g/mol. The first kappa shape index (κ1) is 40.6. The summed E-state index contributed by atoms with van der Waals surface area (Å²) in [6.07, 6.45) is 2.52. The highest BCUT2D eigenvalue weighted by Gasteiger charge is 2.44. The third kappa shape index (κ3) is 9.69. The molecule has 3 N–H and O–H groups in total. The molecule has 3 aliphatic rings. The van der Waals surface area contributed by atoms with E-state index in [1.54, 1.807) is 16.2 Å². The van der Waals surface area contributed by atoms with Crippen molar-refractivity contribution in [2.24, 2.45) is 11.8 Å². The van der Waals surface area contributed by atoms with E-state index in [4.69, 9.17) is 9.26 Å². The van der Waals surface area contributed by atoms with Gasteiger partial charge in [0.15, 0.2) is 11.6 Å². The Bertz CT molecular complexity index is 1790. The third-order valence-corrected chi connectivity index (χ3v) is 12.3. The van der Waals surface area contributed by atoms with Gasteiger partial charge in [-0.15, -0.1) is 11.3 Å². The summed E-state index contributed by atoms with van der Waals surface area (Å²) in [5.74, 6) is 0.0387. The van der Waals surface area contributed by atoms with Crippen molar-refractivity contribution < 1.29 is 33.9 Å². The minimum atomic E-state index is -0.814. The van der Waals surface area contributed by atoms with E-state index in [2.05, 4.69) is 20.4 Å². The second-order valence-corrected chi connectivity index (χ2v) is 18.0. The summed E-state index contributed by atoms with van der Waals surface area (Å²) in [7, 11) is 0. The van der Waals surface area contributed by atoms with Crippen molar-refractivity contribution in [3.05, 3.63) is 52.9 Å². The molecule has 6 rings (SSSR count). The highest BCUT2D eigenvalue weighted by molar-refractivity contribution is 7.13. The first-order valence-corrected chi connectivity index (χ1v) is 20.6. The maximum absolute atomic E-state index is 14.2. The minimum absolute atomic E-state index is 0.0668. The number of likely N-dealkylation sites (tertiary alicyclic amines) is 2. The van der Waals surface area contributed by atoms with E-state index in [1.165, 1.54) is 4.90 Å². The number of amides is 3. The van der Waals surface area contributed by atoms with Crippen molar-refractivity contribution in [1.29, 1.82) is 0 Å². The number of aromatic nitrogens is 2. The Morgan fingerprint density at radius 2 is 1.75 bits per heavy atom. The van der Waals surface area contributed by atoms with Crippen molar-refractivity contribution in [2.75, 3.05) is 37.6 Å². The Hall–Kier alpha value is -4.01. The number of hydrogen-bond acceptors (Lipinski definition) is 11. The number of benzene rings is 1. The van der Waals surface area contributed by atoms with Crippen LogP contribution in [0.5, 0.6) is 0 Å². The fraction of sp³-hybridized carbons (Fsp3) is 0.634. The van der Waals surface area contributed by atoms with E-state index in [9.17, 15) is 24.6 Å². The van der Waals surface area contributed by atoms with Crippen LogP contribution in [0, 0.1) is 18.8 Å². The summed E-state index contributed by atoms with van der Waals surface area (Å²) < 4.78 is 11.4. The number of carbonyl (C=O) groups is 3. The predicted molar refractivity (Wildman–Crippen MR) is 211 cm³/mol. The van der Waals surface area contributed by atoms with Crippen LogP contribution in [-0.4, -0.2) is 104 Å². The molecule has 2 aromatic heterocycles. The molecule has 0 radical (unpaired) electrons. The molecule has 0 spiro atoms. The number of nitrogens with one attached hydrogen (secondary N) is 1. The molecule has 55 heavy (non-hydrogen) atoms. The number of ether oxygens (including phenoxy) is 1. The lowest BCUT2D eigenvalue weighted by Crippen LogP contribution is -2.49. The van der Waals surface area contributed by atoms with Crippen molar-refractivity contribution in [3.63, 3.8) is 0 Å². The zero-order chi connectivity index (χ0) is 39.7. The van der Waals surface area contributed by atoms with Gasteiger partial charge in [-0.1, -0.05) is 43.3 Å². The summed E-state index contributed by atoms with van der Waals surface area (Å²) in [6, 6.07) is 8.76. The summed E-state index contributed by atoms with van der Waals surface area (Å²) >= 11 is 1.59. The van der Waals surface area contributed by atoms with Gasteiger partial charge in [-0.25, -0.2) is 9.78 Å². The van der Waals surface area contributed by atoms with Gasteiger partial charge in [0.05, 0.1) is 33.8 Å². The first-order chi connectivity index (χ1) is 26.0. The van der Waals surface area contributed by atoms with Crippen LogP contribution in [-0.2, 0) is 14.3 Å². The van der Waals surface area contributed by atoms with Crippen LogP contribution in [0.3, 0.4) is 0 Å². The molecule has 5 heterocycles. The Labute approximate surface area is 328 Å². The zero-order valence-corrected chi connectivity index (χ0v) is 34.1. The molecule has 3 aliphatic heterocycles. The molecule has 3 aromatic rings. The Kier molecular flexibility index (Phi) is 12.3. The van der Waals surface area contributed by atoms with Crippen LogP contribution in [0.15, 0.2) is 40.4 Å². The maximum Gasteiger partial charge on any atom is 0.410 e. The summed E-state index contributed by atoms with van der Waals surface area (Å²) in [5, 5.41) is 29.5. The molecule has 0 aliphatic carbocycles. The number of β-amino-alcohol motifs (C(OH)–C–C–N with tert-alkyl or cyclic N) is 1. The van der Waals surface area contributed by atoms with Crippen LogP contribution in [0.1, 0.15) is 109 Å². The SMILES string of the molecule is Cc1ncsc1-c1ccc([C@H](C)NC(=O)[C@@H]2C[C@@H](O)CN2C(=O)C(c2cc(N3CCC(CC4(O)CCN(C(=O)OC(C)(C)C)CC4)CC3)no2)C(C)C)cc1. The Morgan fingerprint density at radius 1 is 1.07 bits per heavy atom. The van der Waals surface area contributed by atoms with Gasteiger partial charge in [-0.05, 0) is 89.7 Å². The number of rotatable bonds is 10. The maximum atomic E-state index is 14.2. The number of aryl methyl sites for hydroxylation is 1. The Morgan fingerprint density at radius 3 is 2.35 bits per heavy atom. The summed E-state index contributed by atoms with van der Waals surface area (Å²) in [4.78, 5) is 51.2. The number of anilines is 1. The lowest BCUT2D eigenvalue weighted by Gasteiger charge is -2.41. The van der Waals surface area contributed by atoms with Crippen molar-refractivity contribution >= 4 is 35.1 Å². The van der Waals surface area contributed by atoms with Crippen LogP contribution in [0.4, 0.5) is 10.6 Å². The standard InChI is InChI=1S/C41H58N6O7S/c1-25(2)35(38(50)47-23-31(48)20-32(47)37(49)43-26(3)29-8-10-30(11-9-29)36-27(4)42-24-55-36)33-21-34(44-54-33)45-16-12-28(13-17-45)22-41(52)14-18-46(19-15-41)39(51)53-40(5,6)7/h8-11,21,24-26,28,31-32,35,48,52H,12-20,22-23H2,1-7H3,(H,43,49)/t26-,31+,32-,35?/m0/s1. The second kappa shape index (κ2) is 16.6. The molecule has 3 saturated heterocycles. The van der Waals surface area contributed by atoms with Gasteiger partial charge in [0.25, 0.3) is 0 Å².